The molecule has 0 aliphatic rings. The van der Waals surface area contributed by atoms with Gasteiger partial charge < -0.3 is 9.30 Å². The lowest BCUT2D eigenvalue weighted by molar-refractivity contribution is 0.0601. The second kappa shape index (κ2) is 6.31. The smallest absolute Gasteiger partial charge is 0.339 e. The summed E-state index contributed by atoms with van der Waals surface area (Å²) in [5.41, 5.74) is 4.47. The van der Waals surface area contributed by atoms with E-state index in [1.807, 2.05) is 31.2 Å². The summed E-state index contributed by atoms with van der Waals surface area (Å²) in [5, 5.41) is 0.381. The fraction of sp³-hybridized carbons (Fsp3) is 0.105. The highest BCUT2D eigenvalue weighted by Crippen LogP contribution is 2.28. The van der Waals surface area contributed by atoms with E-state index in [0.717, 1.165) is 22.6 Å². The van der Waals surface area contributed by atoms with E-state index in [1.165, 1.54) is 7.11 Å². The van der Waals surface area contributed by atoms with Crippen LogP contribution >= 0.6 is 11.6 Å². The third kappa shape index (κ3) is 2.88. The fourth-order valence-electron chi connectivity index (χ4n) is 2.63. The van der Waals surface area contributed by atoms with Crippen molar-refractivity contribution in [3.63, 3.8) is 0 Å². The zero-order valence-corrected chi connectivity index (χ0v) is 13.7. The molecule has 23 heavy (non-hydrogen) atoms. The quantitative estimate of drug-likeness (QED) is 0.642. The van der Waals surface area contributed by atoms with Crippen molar-refractivity contribution >= 4 is 17.6 Å². The third-order valence-electron chi connectivity index (χ3n) is 3.76. The molecule has 2 aromatic carbocycles. The van der Waals surface area contributed by atoms with Crippen molar-refractivity contribution in [2.75, 3.05) is 7.11 Å². The molecule has 1 heterocycles. The number of hydrogen-bond acceptors (Lipinski definition) is 2. The van der Waals surface area contributed by atoms with Crippen LogP contribution in [0.2, 0.25) is 5.02 Å². The maximum atomic E-state index is 11.9. The van der Waals surface area contributed by atoms with Gasteiger partial charge in [-0.3, -0.25) is 0 Å². The second-order valence-corrected chi connectivity index (χ2v) is 5.62. The number of halogens is 1. The topological polar surface area (TPSA) is 31.2 Å². The maximum Gasteiger partial charge on any atom is 0.339 e. The van der Waals surface area contributed by atoms with Crippen molar-refractivity contribution in [1.29, 1.82) is 0 Å². The van der Waals surface area contributed by atoms with Crippen LogP contribution in [0.15, 0.2) is 60.7 Å². The molecule has 1 aromatic heterocycles. The van der Waals surface area contributed by atoms with Crippen LogP contribution in [0.3, 0.4) is 0 Å². The largest absolute Gasteiger partial charge is 0.465 e. The van der Waals surface area contributed by atoms with Gasteiger partial charge in [0.2, 0.25) is 0 Å². The zero-order valence-electron chi connectivity index (χ0n) is 12.9. The van der Waals surface area contributed by atoms with E-state index >= 15 is 0 Å². The van der Waals surface area contributed by atoms with Gasteiger partial charge in [0.1, 0.15) is 0 Å². The lowest BCUT2D eigenvalue weighted by atomic mass is 10.1. The highest BCUT2D eigenvalue weighted by Gasteiger charge is 2.15. The number of aryl methyl sites for hydroxylation is 1. The van der Waals surface area contributed by atoms with Gasteiger partial charge in [0.05, 0.1) is 23.4 Å². The minimum absolute atomic E-state index is 0.360. The normalized spacial score (nSPS) is 10.6. The van der Waals surface area contributed by atoms with Crippen LogP contribution < -0.4 is 0 Å². The van der Waals surface area contributed by atoms with Gasteiger partial charge in [-0.1, -0.05) is 41.9 Å². The van der Waals surface area contributed by atoms with Gasteiger partial charge in [0, 0.05) is 11.4 Å². The third-order valence-corrected chi connectivity index (χ3v) is 4.09. The summed E-state index contributed by atoms with van der Waals surface area (Å²) in [7, 11) is 1.35. The number of benzene rings is 2. The van der Waals surface area contributed by atoms with Crippen molar-refractivity contribution in [2.45, 2.75) is 6.92 Å². The summed E-state index contributed by atoms with van der Waals surface area (Å²) < 4.78 is 6.90. The van der Waals surface area contributed by atoms with Crippen LogP contribution in [0.1, 0.15) is 16.1 Å². The van der Waals surface area contributed by atoms with E-state index in [1.54, 1.807) is 12.1 Å². The summed E-state index contributed by atoms with van der Waals surface area (Å²) in [4.78, 5) is 11.9. The van der Waals surface area contributed by atoms with Crippen LogP contribution in [0, 0.1) is 6.92 Å². The van der Waals surface area contributed by atoms with Crippen LogP contribution in [0.4, 0.5) is 0 Å². The monoisotopic (exact) mass is 325 g/mol. The number of aromatic nitrogens is 1. The van der Waals surface area contributed by atoms with Gasteiger partial charge in [-0.05, 0) is 42.8 Å². The summed E-state index contributed by atoms with van der Waals surface area (Å²) in [6, 6.07) is 19.6. The van der Waals surface area contributed by atoms with E-state index in [9.17, 15) is 4.79 Å². The molecule has 0 spiro atoms. The molecule has 3 aromatic rings. The fourth-order valence-corrected chi connectivity index (χ4v) is 2.83. The van der Waals surface area contributed by atoms with E-state index in [0.29, 0.717) is 10.6 Å². The first kappa shape index (κ1) is 15.4. The standard InChI is InChI=1S/C19H16ClNO2/c1-13-8-11-18(14-6-4-3-5-7-14)21(13)15-9-10-17(20)16(12-15)19(22)23-2/h3-12H,1-2H3. The molecule has 0 amide bonds. The summed E-state index contributed by atoms with van der Waals surface area (Å²) in [6.45, 7) is 2.03. The molecule has 0 radical (unpaired) electrons. The van der Waals surface area contributed by atoms with E-state index in [2.05, 4.69) is 28.8 Å². The van der Waals surface area contributed by atoms with Gasteiger partial charge in [-0.15, -0.1) is 0 Å². The number of rotatable bonds is 3. The average molecular weight is 326 g/mol. The lowest BCUT2D eigenvalue weighted by Crippen LogP contribution is -2.05. The molecule has 3 nitrogen and oxygen atoms in total. The molecule has 0 N–H and O–H groups in total. The number of ether oxygens (including phenoxy) is 1. The van der Waals surface area contributed by atoms with Crippen molar-refractivity contribution in [3.8, 4) is 16.9 Å². The first-order valence-corrected chi connectivity index (χ1v) is 7.61. The first-order chi connectivity index (χ1) is 11.1. The summed E-state index contributed by atoms with van der Waals surface area (Å²) in [6.07, 6.45) is 0. The average Bonchev–Trinajstić information content (AvgIpc) is 2.97. The number of esters is 1. The molecule has 0 aliphatic carbocycles. The molecule has 0 atom stereocenters. The Morgan fingerprint density at radius 2 is 1.78 bits per heavy atom. The van der Waals surface area contributed by atoms with Crippen LogP contribution in [-0.4, -0.2) is 17.6 Å². The molecule has 0 unspecified atom stereocenters. The summed E-state index contributed by atoms with van der Waals surface area (Å²) >= 11 is 6.12. The van der Waals surface area contributed by atoms with E-state index in [-0.39, 0.29) is 0 Å². The van der Waals surface area contributed by atoms with Gasteiger partial charge in [0.15, 0.2) is 0 Å². The molecule has 0 bridgehead atoms. The Balaban J connectivity index is 2.17. The Hall–Kier alpha value is -2.52. The van der Waals surface area contributed by atoms with Crippen molar-refractivity contribution < 1.29 is 9.53 Å². The number of methoxy groups -OCH3 is 1. The van der Waals surface area contributed by atoms with Crippen molar-refractivity contribution in [2.24, 2.45) is 0 Å². The molecule has 3 rings (SSSR count). The highest BCUT2D eigenvalue weighted by molar-refractivity contribution is 6.33. The molecule has 0 fully saturated rings. The van der Waals surface area contributed by atoms with Crippen LogP contribution in [0.5, 0.6) is 0 Å². The number of carbonyl (C=O) groups is 1. The van der Waals surface area contributed by atoms with Crippen LogP contribution in [-0.2, 0) is 4.74 Å². The van der Waals surface area contributed by atoms with E-state index in [4.69, 9.17) is 16.3 Å². The predicted molar refractivity (Wildman–Crippen MR) is 92.3 cm³/mol. The van der Waals surface area contributed by atoms with Crippen LogP contribution in [0.25, 0.3) is 16.9 Å². The SMILES string of the molecule is COC(=O)c1cc(-n2c(C)ccc2-c2ccccc2)ccc1Cl. The molecule has 0 saturated carbocycles. The Morgan fingerprint density at radius 3 is 2.48 bits per heavy atom. The Morgan fingerprint density at radius 1 is 1.04 bits per heavy atom. The number of carbonyl (C=O) groups excluding carboxylic acids is 1. The molecular weight excluding hydrogens is 310 g/mol. The minimum Gasteiger partial charge on any atom is -0.465 e. The number of nitrogens with zero attached hydrogens (tertiary/aromatic N) is 1. The lowest BCUT2D eigenvalue weighted by Gasteiger charge is -2.14. The molecule has 116 valence electrons. The molecule has 0 aliphatic heterocycles. The van der Waals surface area contributed by atoms with E-state index < -0.39 is 5.97 Å². The predicted octanol–water partition coefficient (Wildman–Crippen LogP) is 4.89. The summed E-state index contributed by atoms with van der Waals surface area (Å²) in [5.74, 6) is -0.442. The van der Waals surface area contributed by atoms with Gasteiger partial charge in [0.25, 0.3) is 0 Å². The Labute approximate surface area is 140 Å². The Bertz CT molecular complexity index is 853. The second-order valence-electron chi connectivity index (χ2n) is 5.22. The van der Waals surface area contributed by atoms with Gasteiger partial charge in [-0.25, -0.2) is 4.79 Å². The highest BCUT2D eigenvalue weighted by atomic mass is 35.5. The minimum atomic E-state index is -0.442. The molecule has 4 heteroatoms. The first-order valence-electron chi connectivity index (χ1n) is 7.24. The van der Waals surface area contributed by atoms with Crippen molar-refractivity contribution in [3.05, 3.63) is 76.9 Å². The molecule has 0 saturated heterocycles. The number of hydrogen-bond donors (Lipinski definition) is 0. The Kier molecular flexibility index (Phi) is 4.22. The molecular formula is C19H16ClNO2. The maximum absolute atomic E-state index is 11.9. The van der Waals surface area contributed by atoms with Gasteiger partial charge >= 0.3 is 5.97 Å². The van der Waals surface area contributed by atoms with Gasteiger partial charge in [-0.2, -0.15) is 0 Å². The zero-order chi connectivity index (χ0) is 16.4. The van der Waals surface area contributed by atoms with Crippen molar-refractivity contribution in [1.82, 2.24) is 4.57 Å².